The highest BCUT2D eigenvalue weighted by molar-refractivity contribution is 5.94. The summed E-state index contributed by atoms with van der Waals surface area (Å²) in [6.07, 6.45) is 2.09. The number of unbranched alkanes of at least 4 members (excludes halogenated alkanes) is 1. The molecule has 0 atom stereocenters. The molecule has 0 fully saturated rings. The van der Waals surface area contributed by atoms with Crippen molar-refractivity contribution in [1.29, 1.82) is 0 Å². The number of nitrogens with one attached hydrogen (secondary N) is 1. The van der Waals surface area contributed by atoms with E-state index in [0.29, 0.717) is 17.3 Å². The molecule has 0 aromatic heterocycles. The first kappa shape index (κ1) is 15.5. The van der Waals surface area contributed by atoms with Crippen LogP contribution in [0.5, 0.6) is 0 Å². The number of rotatable bonds is 7. The molecule has 0 spiro atoms. The number of hydrogen-bond donors (Lipinski definition) is 2. The van der Waals surface area contributed by atoms with Gasteiger partial charge in [0.05, 0.1) is 0 Å². The number of nitrogen functional groups attached to an aromatic ring is 1. The third-order valence-electron chi connectivity index (χ3n) is 3.28. The molecule has 0 aliphatic heterocycles. The van der Waals surface area contributed by atoms with Crippen LogP contribution in [0.2, 0.25) is 0 Å². The molecule has 4 heteroatoms. The van der Waals surface area contributed by atoms with Crippen LogP contribution in [0.25, 0.3) is 0 Å². The fourth-order valence-corrected chi connectivity index (χ4v) is 1.68. The van der Waals surface area contributed by atoms with Crippen molar-refractivity contribution in [3.8, 4) is 0 Å². The molecule has 1 aromatic carbocycles. The molecule has 0 radical (unpaired) electrons. The Morgan fingerprint density at radius 2 is 1.89 bits per heavy atom. The third-order valence-corrected chi connectivity index (χ3v) is 3.28. The van der Waals surface area contributed by atoms with Crippen molar-refractivity contribution >= 4 is 11.6 Å². The highest BCUT2D eigenvalue weighted by Crippen LogP contribution is 2.05. The standard InChI is InChI=1S/C15H25N3O/c1-12(2)18(3)11-5-4-10-17-15(19)13-6-8-14(16)9-7-13/h6-9,12H,4-5,10-11,16H2,1-3H3,(H,17,19). The first-order chi connectivity index (χ1) is 9.00. The maximum atomic E-state index is 11.8. The average molecular weight is 263 g/mol. The molecular formula is C15H25N3O. The molecule has 0 saturated carbocycles. The Morgan fingerprint density at radius 1 is 1.26 bits per heavy atom. The Morgan fingerprint density at radius 3 is 2.47 bits per heavy atom. The van der Waals surface area contributed by atoms with Gasteiger partial charge in [-0.05, 0) is 64.5 Å². The Labute approximate surface area is 116 Å². The van der Waals surface area contributed by atoms with E-state index >= 15 is 0 Å². The predicted molar refractivity (Wildman–Crippen MR) is 80.2 cm³/mol. The molecule has 0 aliphatic carbocycles. The number of benzene rings is 1. The van der Waals surface area contributed by atoms with Crippen LogP contribution in [-0.2, 0) is 0 Å². The fourth-order valence-electron chi connectivity index (χ4n) is 1.68. The summed E-state index contributed by atoms with van der Waals surface area (Å²) in [6.45, 7) is 6.15. The second kappa shape index (κ2) is 7.79. The van der Waals surface area contributed by atoms with E-state index < -0.39 is 0 Å². The summed E-state index contributed by atoms with van der Waals surface area (Å²) in [7, 11) is 2.12. The normalized spacial score (nSPS) is 11.0. The van der Waals surface area contributed by atoms with E-state index in [1.807, 2.05) is 0 Å². The van der Waals surface area contributed by atoms with E-state index in [9.17, 15) is 4.79 Å². The van der Waals surface area contributed by atoms with Crippen LogP contribution in [-0.4, -0.2) is 37.0 Å². The number of amides is 1. The van der Waals surface area contributed by atoms with Gasteiger partial charge in [-0.3, -0.25) is 4.79 Å². The van der Waals surface area contributed by atoms with Gasteiger partial charge in [0.15, 0.2) is 0 Å². The van der Waals surface area contributed by atoms with Gasteiger partial charge in [-0.2, -0.15) is 0 Å². The molecule has 0 heterocycles. The van der Waals surface area contributed by atoms with E-state index in [4.69, 9.17) is 5.73 Å². The Kier molecular flexibility index (Phi) is 6.36. The molecule has 0 bridgehead atoms. The second-order valence-electron chi connectivity index (χ2n) is 5.16. The molecule has 1 aromatic rings. The molecule has 1 rings (SSSR count). The van der Waals surface area contributed by atoms with Crippen LogP contribution in [0, 0.1) is 0 Å². The lowest BCUT2D eigenvalue weighted by Gasteiger charge is -2.20. The van der Waals surface area contributed by atoms with Crippen molar-refractivity contribution in [3.05, 3.63) is 29.8 Å². The van der Waals surface area contributed by atoms with Crippen LogP contribution in [0.4, 0.5) is 5.69 Å². The summed E-state index contributed by atoms with van der Waals surface area (Å²) >= 11 is 0. The third kappa shape index (κ3) is 5.75. The lowest BCUT2D eigenvalue weighted by molar-refractivity contribution is 0.0952. The second-order valence-corrected chi connectivity index (χ2v) is 5.16. The Balaban J connectivity index is 2.19. The van der Waals surface area contributed by atoms with Crippen LogP contribution in [0.15, 0.2) is 24.3 Å². The largest absolute Gasteiger partial charge is 0.399 e. The van der Waals surface area contributed by atoms with E-state index in [1.165, 1.54) is 0 Å². The minimum Gasteiger partial charge on any atom is -0.399 e. The van der Waals surface area contributed by atoms with Crippen molar-refractivity contribution in [2.45, 2.75) is 32.7 Å². The molecule has 0 aliphatic rings. The SMILES string of the molecule is CC(C)N(C)CCCCNC(=O)c1ccc(N)cc1. The van der Waals surface area contributed by atoms with E-state index in [0.717, 1.165) is 25.9 Å². The Hall–Kier alpha value is -1.55. The average Bonchev–Trinajstić information content (AvgIpc) is 2.38. The van der Waals surface area contributed by atoms with Gasteiger partial charge in [-0.15, -0.1) is 0 Å². The highest BCUT2D eigenvalue weighted by Gasteiger charge is 2.05. The van der Waals surface area contributed by atoms with E-state index in [2.05, 4.69) is 31.1 Å². The predicted octanol–water partition coefficient (Wildman–Crippen LogP) is 2.12. The van der Waals surface area contributed by atoms with Crippen molar-refractivity contribution in [2.75, 3.05) is 25.9 Å². The van der Waals surface area contributed by atoms with Crippen molar-refractivity contribution in [1.82, 2.24) is 10.2 Å². The minimum absolute atomic E-state index is 0.0304. The summed E-state index contributed by atoms with van der Waals surface area (Å²) in [5.74, 6) is -0.0304. The first-order valence-electron chi connectivity index (χ1n) is 6.84. The van der Waals surface area contributed by atoms with Crippen molar-refractivity contribution in [2.24, 2.45) is 0 Å². The minimum atomic E-state index is -0.0304. The lowest BCUT2D eigenvalue weighted by atomic mass is 10.2. The highest BCUT2D eigenvalue weighted by atomic mass is 16.1. The molecule has 0 saturated heterocycles. The molecule has 4 nitrogen and oxygen atoms in total. The zero-order chi connectivity index (χ0) is 14.3. The number of nitrogens with zero attached hydrogens (tertiary/aromatic N) is 1. The first-order valence-corrected chi connectivity index (χ1v) is 6.84. The summed E-state index contributed by atoms with van der Waals surface area (Å²) in [5.41, 5.74) is 6.92. The Bertz CT molecular complexity index is 387. The van der Waals surface area contributed by atoms with Gasteiger partial charge in [0, 0.05) is 23.8 Å². The fraction of sp³-hybridized carbons (Fsp3) is 0.533. The number of carbonyl (C=O) groups excluding carboxylic acids is 1. The summed E-state index contributed by atoms with van der Waals surface area (Å²) in [4.78, 5) is 14.1. The van der Waals surface area contributed by atoms with Gasteiger partial charge >= 0.3 is 0 Å². The summed E-state index contributed by atoms with van der Waals surface area (Å²) in [6, 6.07) is 7.55. The molecule has 1 amide bonds. The van der Waals surface area contributed by atoms with Crippen molar-refractivity contribution < 1.29 is 4.79 Å². The monoisotopic (exact) mass is 263 g/mol. The topological polar surface area (TPSA) is 58.4 Å². The zero-order valence-corrected chi connectivity index (χ0v) is 12.1. The summed E-state index contributed by atoms with van der Waals surface area (Å²) < 4.78 is 0. The van der Waals surface area contributed by atoms with Gasteiger partial charge in [0.25, 0.3) is 5.91 Å². The quantitative estimate of drug-likeness (QED) is 0.585. The lowest BCUT2D eigenvalue weighted by Crippen LogP contribution is -2.29. The summed E-state index contributed by atoms with van der Waals surface area (Å²) in [5, 5.41) is 2.92. The van der Waals surface area contributed by atoms with Gasteiger partial charge in [-0.1, -0.05) is 0 Å². The van der Waals surface area contributed by atoms with Gasteiger partial charge in [0.2, 0.25) is 0 Å². The number of hydrogen-bond acceptors (Lipinski definition) is 3. The van der Waals surface area contributed by atoms with E-state index in [1.54, 1.807) is 24.3 Å². The maximum Gasteiger partial charge on any atom is 0.251 e. The number of nitrogens with two attached hydrogens (primary N) is 1. The smallest absolute Gasteiger partial charge is 0.251 e. The maximum absolute atomic E-state index is 11.8. The van der Waals surface area contributed by atoms with Gasteiger partial charge in [-0.25, -0.2) is 0 Å². The van der Waals surface area contributed by atoms with Crippen LogP contribution >= 0.6 is 0 Å². The van der Waals surface area contributed by atoms with Crippen LogP contribution < -0.4 is 11.1 Å². The molecule has 3 N–H and O–H groups in total. The molecule has 0 unspecified atom stereocenters. The number of anilines is 1. The molecule has 106 valence electrons. The van der Waals surface area contributed by atoms with E-state index in [-0.39, 0.29) is 5.91 Å². The molecule has 19 heavy (non-hydrogen) atoms. The van der Waals surface area contributed by atoms with Gasteiger partial charge < -0.3 is 16.0 Å². The van der Waals surface area contributed by atoms with Crippen LogP contribution in [0.3, 0.4) is 0 Å². The van der Waals surface area contributed by atoms with Crippen LogP contribution in [0.1, 0.15) is 37.0 Å². The zero-order valence-electron chi connectivity index (χ0n) is 12.1. The van der Waals surface area contributed by atoms with Gasteiger partial charge in [0.1, 0.15) is 0 Å². The van der Waals surface area contributed by atoms with Crippen molar-refractivity contribution in [3.63, 3.8) is 0 Å². The number of carbonyl (C=O) groups is 1. The molecular weight excluding hydrogens is 238 g/mol.